The first-order valence-corrected chi connectivity index (χ1v) is 20.2. The maximum atomic E-state index is 14.3. The van der Waals surface area contributed by atoms with Crippen LogP contribution in [0.15, 0.2) is 67.3 Å². The van der Waals surface area contributed by atoms with Gasteiger partial charge in [0.1, 0.15) is 29.2 Å². The molecule has 0 spiro atoms. The Balaban J connectivity index is 1.28. The van der Waals surface area contributed by atoms with E-state index >= 15 is 0 Å². The monoisotopic (exact) mass is 759 g/mol. The number of amides is 4. The second-order valence-corrected chi connectivity index (χ2v) is 16.6. The minimum absolute atomic E-state index is 0.000890. The van der Waals surface area contributed by atoms with Crippen LogP contribution < -0.4 is 19.5 Å². The summed E-state index contributed by atoms with van der Waals surface area (Å²) in [6.07, 6.45) is 4.59. The SMILES string of the molecule is C=CC(C)[C@@](C)(NC(=O)[C@@H]1C[C@@H](Oc2cc(-c3ccccc3)nc3cc(OC)ccc23)CN1C(=O)CCC(=O)N1CCCCC1)C(=O)NS(=O)(=O)C1CC1. The first-order chi connectivity index (χ1) is 25.8. The van der Waals surface area contributed by atoms with Crippen molar-refractivity contribution in [2.24, 2.45) is 5.92 Å². The fourth-order valence-corrected chi connectivity index (χ4v) is 8.45. The lowest BCUT2D eigenvalue weighted by Gasteiger charge is -2.35. The van der Waals surface area contributed by atoms with Crippen molar-refractivity contribution in [1.82, 2.24) is 24.8 Å². The molecule has 1 aliphatic carbocycles. The van der Waals surface area contributed by atoms with Gasteiger partial charge in [-0.3, -0.25) is 23.9 Å². The number of aromatic nitrogens is 1. The number of sulfonamides is 1. The van der Waals surface area contributed by atoms with Crippen molar-refractivity contribution < 1.29 is 37.1 Å². The van der Waals surface area contributed by atoms with E-state index in [9.17, 15) is 27.6 Å². The molecule has 1 unspecified atom stereocenters. The summed E-state index contributed by atoms with van der Waals surface area (Å²) in [5.41, 5.74) is 0.431. The van der Waals surface area contributed by atoms with Crippen LogP contribution in [0.25, 0.3) is 22.2 Å². The normalized spacial score (nSPS) is 20.4. The molecule has 3 fully saturated rings. The number of fused-ring (bicyclic) bond motifs is 1. The van der Waals surface area contributed by atoms with Gasteiger partial charge >= 0.3 is 0 Å². The smallest absolute Gasteiger partial charge is 0.259 e. The van der Waals surface area contributed by atoms with Crippen LogP contribution in [0.5, 0.6) is 11.5 Å². The van der Waals surface area contributed by atoms with Crippen LogP contribution in [0.4, 0.5) is 0 Å². The zero-order valence-electron chi connectivity index (χ0n) is 31.1. The van der Waals surface area contributed by atoms with E-state index in [1.165, 1.54) is 17.9 Å². The number of rotatable bonds is 14. The first kappa shape index (κ1) is 38.7. The van der Waals surface area contributed by atoms with Gasteiger partial charge in [-0.2, -0.15) is 0 Å². The molecule has 4 atom stereocenters. The Labute approximate surface area is 316 Å². The average molecular weight is 760 g/mol. The molecule has 0 radical (unpaired) electrons. The number of carbonyl (C=O) groups excluding carboxylic acids is 4. The van der Waals surface area contributed by atoms with Gasteiger partial charge in [-0.1, -0.05) is 43.3 Å². The minimum Gasteiger partial charge on any atom is -0.497 e. The van der Waals surface area contributed by atoms with Gasteiger partial charge in [-0.15, -0.1) is 6.58 Å². The molecular formula is C40H49N5O8S. The van der Waals surface area contributed by atoms with Crippen molar-refractivity contribution in [1.29, 1.82) is 0 Å². The fourth-order valence-electron chi connectivity index (χ4n) is 7.05. The van der Waals surface area contributed by atoms with Gasteiger partial charge < -0.3 is 24.6 Å². The largest absolute Gasteiger partial charge is 0.497 e. The minimum atomic E-state index is -3.92. The van der Waals surface area contributed by atoms with Crippen LogP contribution in [0, 0.1) is 5.92 Å². The maximum absolute atomic E-state index is 14.3. The lowest BCUT2D eigenvalue weighted by molar-refractivity contribution is -0.142. The van der Waals surface area contributed by atoms with E-state index in [0.717, 1.165) is 24.8 Å². The van der Waals surface area contributed by atoms with Gasteiger partial charge in [-0.25, -0.2) is 13.4 Å². The summed E-state index contributed by atoms with van der Waals surface area (Å²) in [5, 5.41) is 2.84. The van der Waals surface area contributed by atoms with Crippen molar-refractivity contribution in [3.8, 4) is 22.8 Å². The summed E-state index contributed by atoms with van der Waals surface area (Å²) in [5.74, 6) is -1.63. The van der Waals surface area contributed by atoms with E-state index in [2.05, 4.69) is 16.6 Å². The van der Waals surface area contributed by atoms with Crippen LogP contribution in [0.2, 0.25) is 0 Å². The fraction of sp³-hybridized carbons (Fsp3) is 0.475. The maximum Gasteiger partial charge on any atom is 0.259 e. The Morgan fingerprint density at radius 1 is 1.02 bits per heavy atom. The Hall–Kier alpha value is -4.98. The molecule has 3 aliphatic rings. The molecule has 2 aromatic carbocycles. The zero-order chi connectivity index (χ0) is 38.6. The number of hydrogen-bond acceptors (Lipinski definition) is 9. The third kappa shape index (κ3) is 8.53. The third-order valence-electron chi connectivity index (χ3n) is 10.8. The van der Waals surface area contributed by atoms with Gasteiger partial charge in [0.2, 0.25) is 27.7 Å². The number of pyridine rings is 1. The third-order valence-corrected chi connectivity index (χ3v) is 12.6. The van der Waals surface area contributed by atoms with Crippen molar-refractivity contribution in [2.45, 2.75) is 88.1 Å². The van der Waals surface area contributed by atoms with Crippen molar-refractivity contribution in [3.05, 3.63) is 67.3 Å². The van der Waals surface area contributed by atoms with Crippen LogP contribution in [0.3, 0.4) is 0 Å². The number of nitrogens with one attached hydrogen (secondary N) is 2. The average Bonchev–Trinajstić information content (AvgIpc) is 3.97. The number of hydrogen-bond donors (Lipinski definition) is 2. The summed E-state index contributed by atoms with van der Waals surface area (Å²) in [7, 11) is -2.35. The molecule has 4 amide bonds. The second-order valence-electron chi connectivity index (χ2n) is 14.6. The van der Waals surface area contributed by atoms with Crippen molar-refractivity contribution in [2.75, 3.05) is 26.7 Å². The van der Waals surface area contributed by atoms with Gasteiger partial charge in [-0.05, 0) is 51.2 Å². The molecule has 6 rings (SSSR count). The topological polar surface area (TPSA) is 164 Å². The van der Waals surface area contributed by atoms with E-state index in [1.54, 1.807) is 25.0 Å². The molecule has 54 heavy (non-hydrogen) atoms. The molecule has 2 saturated heterocycles. The molecule has 3 aromatic rings. The number of nitrogens with zero attached hydrogens (tertiary/aromatic N) is 3. The van der Waals surface area contributed by atoms with E-state index in [1.807, 2.05) is 48.5 Å². The van der Waals surface area contributed by atoms with Crippen LogP contribution in [-0.2, 0) is 29.2 Å². The van der Waals surface area contributed by atoms with Crippen molar-refractivity contribution >= 4 is 44.6 Å². The Morgan fingerprint density at radius 3 is 2.39 bits per heavy atom. The first-order valence-electron chi connectivity index (χ1n) is 18.6. The molecule has 2 N–H and O–H groups in total. The highest BCUT2D eigenvalue weighted by Crippen LogP contribution is 2.35. The summed E-state index contributed by atoms with van der Waals surface area (Å²) in [6.45, 7) is 8.24. The molecule has 288 valence electrons. The lowest BCUT2D eigenvalue weighted by atomic mass is 9.86. The van der Waals surface area contributed by atoms with E-state index in [4.69, 9.17) is 14.5 Å². The summed E-state index contributed by atoms with van der Waals surface area (Å²) in [6, 6.07) is 15.8. The second kappa shape index (κ2) is 16.2. The molecule has 0 bridgehead atoms. The summed E-state index contributed by atoms with van der Waals surface area (Å²) >= 11 is 0. The molecular weight excluding hydrogens is 711 g/mol. The van der Waals surface area contributed by atoms with E-state index in [-0.39, 0.29) is 31.7 Å². The predicted octanol–water partition coefficient (Wildman–Crippen LogP) is 4.36. The van der Waals surface area contributed by atoms with Gasteiger partial charge in [0.15, 0.2) is 0 Å². The Morgan fingerprint density at radius 2 is 1.72 bits per heavy atom. The molecule has 1 aromatic heterocycles. The molecule has 1 saturated carbocycles. The number of carbonyl (C=O) groups is 4. The summed E-state index contributed by atoms with van der Waals surface area (Å²) < 4.78 is 39.8. The van der Waals surface area contributed by atoms with Gasteiger partial charge in [0.25, 0.3) is 5.91 Å². The predicted molar refractivity (Wildman–Crippen MR) is 204 cm³/mol. The number of likely N-dealkylation sites (tertiary alicyclic amines) is 2. The van der Waals surface area contributed by atoms with Crippen molar-refractivity contribution in [3.63, 3.8) is 0 Å². The number of ether oxygens (including phenoxy) is 2. The molecule has 13 nitrogen and oxygen atoms in total. The Bertz CT molecular complexity index is 2010. The van der Waals surface area contributed by atoms with Crippen LogP contribution in [-0.4, -0.2) is 96.5 Å². The van der Waals surface area contributed by atoms with E-state index in [0.29, 0.717) is 54.0 Å². The highest BCUT2D eigenvalue weighted by Gasteiger charge is 2.48. The highest BCUT2D eigenvalue weighted by atomic mass is 32.2. The van der Waals surface area contributed by atoms with Crippen LogP contribution in [0.1, 0.15) is 65.2 Å². The standard InChI is InChI=1S/C40H49N5O8S/c1-5-26(2)40(3,39(49)43-54(50,51)30-15-16-30)42-38(48)34-23-29(25-45(34)37(47)19-18-36(46)44-20-10-7-11-21-44)53-35-24-32(27-12-8-6-9-13-27)41-33-22-28(52-4)14-17-31(33)35/h5-6,8-9,12-14,17,22,24,26,29-30,34H,1,7,10-11,15-16,18-21,23,25H2,2-4H3,(H,42,48)(H,43,49)/t26?,29-,34+,40-/m1/s1. The number of methoxy groups -OCH3 is 1. The van der Waals surface area contributed by atoms with Gasteiger partial charge in [0, 0.05) is 61.4 Å². The van der Waals surface area contributed by atoms with Crippen LogP contribution >= 0.6 is 0 Å². The number of benzene rings is 2. The highest BCUT2D eigenvalue weighted by molar-refractivity contribution is 7.91. The zero-order valence-corrected chi connectivity index (χ0v) is 31.9. The van der Waals surface area contributed by atoms with Gasteiger partial charge in [0.05, 0.1) is 30.1 Å². The molecule has 14 heteroatoms. The quantitative estimate of drug-likeness (QED) is 0.228. The lowest BCUT2D eigenvalue weighted by Crippen LogP contribution is -2.63. The Kier molecular flexibility index (Phi) is 11.6. The summed E-state index contributed by atoms with van der Waals surface area (Å²) in [4.78, 5) is 62.9. The van der Waals surface area contributed by atoms with E-state index < -0.39 is 56.6 Å². The molecule has 2 aliphatic heterocycles. The number of piperidine rings is 1. The molecule has 3 heterocycles.